The van der Waals surface area contributed by atoms with E-state index in [1.165, 1.54) is 24.5 Å². The minimum Gasteiger partial charge on any atom is -0.486 e. The van der Waals surface area contributed by atoms with Gasteiger partial charge in [0.15, 0.2) is 11.5 Å². The summed E-state index contributed by atoms with van der Waals surface area (Å²) >= 11 is 0. The van der Waals surface area contributed by atoms with Gasteiger partial charge in [-0.2, -0.15) is 8.78 Å². The summed E-state index contributed by atoms with van der Waals surface area (Å²) in [7, 11) is 0. The van der Waals surface area contributed by atoms with Crippen molar-refractivity contribution >= 4 is 17.3 Å². The molecule has 0 spiro atoms. The third kappa shape index (κ3) is 5.25. The number of carbonyl (C=O) groups is 1. The Bertz CT molecular complexity index is 1040. The second-order valence-corrected chi connectivity index (χ2v) is 7.01. The van der Waals surface area contributed by atoms with Crippen LogP contribution < -0.4 is 14.4 Å². The zero-order valence-electron chi connectivity index (χ0n) is 16.3. The SMILES string of the molecule is O=C(O)c1ccc(N(Cc2cncnc2)c2ccc(OC(F)F)c(OC3CC3)c2)cc1. The Balaban J connectivity index is 1.72. The number of aromatic nitrogens is 2. The van der Waals surface area contributed by atoms with E-state index < -0.39 is 12.6 Å². The fourth-order valence-electron chi connectivity index (χ4n) is 3.03. The molecule has 3 aromatic rings. The van der Waals surface area contributed by atoms with E-state index in [0.717, 1.165) is 18.4 Å². The van der Waals surface area contributed by atoms with Crippen LogP contribution in [-0.2, 0) is 6.54 Å². The number of ether oxygens (including phenoxy) is 2. The van der Waals surface area contributed by atoms with Gasteiger partial charge >= 0.3 is 12.6 Å². The minimum absolute atomic E-state index is 0.0129. The monoisotopic (exact) mass is 427 g/mol. The molecule has 1 aromatic heterocycles. The lowest BCUT2D eigenvalue weighted by molar-refractivity contribution is -0.0516. The first-order chi connectivity index (χ1) is 15.0. The molecule has 0 aliphatic heterocycles. The predicted octanol–water partition coefficient (Wildman–Crippen LogP) is 4.66. The molecule has 9 heteroatoms. The molecule has 0 radical (unpaired) electrons. The summed E-state index contributed by atoms with van der Waals surface area (Å²) in [6.45, 7) is -2.60. The highest BCUT2D eigenvalue weighted by Gasteiger charge is 2.26. The van der Waals surface area contributed by atoms with Crippen LogP contribution >= 0.6 is 0 Å². The number of carboxylic acids is 1. The summed E-state index contributed by atoms with van der Waals surface area (Å²) in [4.78, 5) is 21.1. The maximum atomic E-state index is 12.8. The van der Waals surface area contributed by atoms with Gasteiger partial charge in [-0.05, 0) is 49.2 Å². The quantitative estimate of drug-likeness (QED) is 0.532. The highest BCUT2D eigenvalue weighted by Crippen LogP contribution is 2.39. The van der Waals surface area contributed by atoms with Gasteiger partial charge in [-0.1, -0.05) is 0 Å². The zero-order valence-corrected chi connectivity index (χ0v) is 16.3. The number of halogens is 2. The molecule has 1 N–H and O–H groups in total. The van der Waals surface area contributed by atoms with Crippen LogP contribution in [0, 0.1) is 0 Å². The molecule has 0 atom stereocenters. The lowest BCUT2D eigenvalue weighted by Crippen LogP contribution is -2.17. The molecule has 160 valence electrons. The van der Waals surface area contributed by atoms with Crippen LogP contribution in [0.2, 0.25) is 0 Å². The molecule has 1 fully saturated rings. The topological polar surface area (TPSA) is 84.8 Å². The zero-order chi connectivity index (χ0) is 21.8. The maximum Gasteiger partial charge on any atom is 0.387 e. The number of benzene rings is 2. The largest absolute Gasteiger partial charge is 0.486 e. The second-order valence-electron chi connectivity index (χ2n) is 7.01. The van der Waals surface area contributed by atoms with Gasteiger partial charge in [0.25, 0.3) is 0 Å². The number of hydrogen-bond donors (Lipinski definition) is 1. The van der Waals surface area contributed by atoms with Crippen LogP contribution in [0.15, 0.2) is 61.2 Å². The Morgan fingerprint density at radius 3 is 2.35 bits per heavy atom. The third-order valence-electron chi connectivity index (χ3n) is 4.65. The molecule has 7 nitrogen and oxygen atoms in total. The van der Waals surface area contributed by atoms with Crippen molar-refractivity contribution in [2.45, 2.75) is 32.1 Å². The Morgan fingerprint density at radius 1 is 1.06 bits per heavy atom. The summed E-state index contributed by atoms with van der Waals surface area (Å²) in [5.74, 6) is -0.824. The number of carboxylic acid groups (broad SMARTS) is 1. The van der Waals surface area contributed by atoms with Crippen molar-refractivity contribution in [3.05, 3.63) is 72.3 Å². The summed E-state index contributed by atoms with van der Waals surface area (Å²) in [6, 6.07) is 11.1. The maximum absolute atomic E-state index is 12.8. The van der Waals surface area contributed by atoms with Gasteiger partial charge in [0, 0.05) is 35.4 Å². The molecule has 1 saturated carbocycles. The third-order valence-corrected chi connectivity index (χ3v) is 4.65. The molecule has 4 rings (SSSR count). The van der Waals surface area contributed by atoms with E-state index in [1.54, 1.807) is 36.7 Å². The first-order valence-corrected chi connectivity index (χ1v) is 9.60. The molecule has 1 heterocycles. The van der Waals surface area contributed by atoms with Crippen LogP contribution in [0.4, 0.5) is 20.2 Å². The van der Waals surface area contributed by atoms with E-state index in [1.807, 2.05) is 4.90 Å². The number of hydrogen-bond acceptors (Lipinski definition) is 6. The van der Waals surface area contributed by atoms with Crippen molar-refractivity contribution in [2.75, 3.05) is 4.90 Å². The Labute approximate surface area is 176 Å². The molecular weight excluding hydrogens is 408 g/mol. The summed E-state index contributed by atoms with van der Waals surface area (Å²) < 4.78 is 36.0. The molecule has 1 aliphatic carbocycles. The number of nitrogens with zero attached hydrogens (tertiary/aromatic N) is 3. The van der Waals surface area contributed by atoms with Crippen molar-refractivity contribution in [3.63, 3.8) is 0 Å². The van der Waals surface area contributed by atoms with Crippen molar-refractivity contribution in [2.24, 2.45) is 0 Å². The second kappa shape index (κ2) is 8.95. The van der Waals surface area contributed by atoms with Crippen LogP contribution in [0.25, 0.3) is 0 Å². The fourth-order valence-corrected chi connectivity index (χ4v) is 3.03. The van der Waals surface area contributed by atoms with E-state index in [-0.39, 0.29) is 23.2 Å². The van der Waals surface area contributed by atoms with Crippen LogP contribution in [0.3, 0.4) is 0 Å². The standard InChI is InChI=1S/C22H19F2N3O4/c23-22(24)31-19-8-5-17(9-20(19)30-18-6-7-18)27(12-14-10-25-13-26-11-14)16-3-1-15(2-4-16)21(28)29/h1-5,8-11,13,18,22H,6-7,12H2,(H,28,29). The van der Waals surface area contributed by atoms with Gasteiger partial charge < -0.3 is 19.5 Å². The van der Waals surface area contributed by atoms with Gasteiger partial charge in [0.2, 0.25) is 0 Å². The molecule has 1 aliphatic rings. The van der Waals surface area contributed by atoms with Crippen molar-refractivity contribution in [3.8, 4) is 11.5 Å². The highest BCUT2D eigenvalue weighted by molar-refractivity contribution is 5.88. The Kier molecular flexibility index (Phi) is 5.92. The Hall–Kier alpha value is -3.75. The number of anilines is 2. The lowest BCUT2D eigenvalue weighted by Gasteiger charge is -2.26. The lowest BCUT2D eigenvalue weighted by atomic mass is 10.1. The van der Waals surface area contributed by atoms with E-state index in [4.69, 9.17) is 4.74 Å². The van der Waals surface area contributed by atoms with E-state index in [2.05, 4.69) is 14.7 Å². The smallest absolute Gasteiger partial charge is 0.387 e. The van der Waals surface area contributed by atoms with Gasteiger partial charge in [-0.15, -0.1) is 0 Å². The molecule has 31 heavy (non-hydrogen) atoms. The van der Waals surface area contributed by atoms with Gasteiger partial charge in [0.1, 0.15) is 6.33 Å². The molecule has 0 amide bonds. The van der Waals surface area contributed by atoms with Crippen LogP contribution in [-0.4, -0.2) is 33.8 Å². The molecule has 0 unspecified atom stereocenters. The summed E-state index contributed by atoms with van der Waals surface area (Å²) in [5.41, 5.74) is 2.32. The average molecular weight is 427 g/mol. The van der Waals surface area contributed by atoms with E-state index in [9.17, 15) is 18.7 Å². The molecule has 2 aromatic carbocycles. The first-order valence-electron chi connectivity index (χ1n) is 9.60. The Morgan fingerprint density at radius 2 is 1.74 bits per heavy atom. The van der Waals surface area contributed by atoms with E-state index in [0.29, 0.717) is 17.9 Å². The van der Waals surface area contributed by atoms with Crippen molar-refractivity contribution in [1.29, 1.82) is 0 Å². The van der Waals surface area contributed by atoms with Crippen LogP contribution in [0.1, 0.15) is 28.8 Å². The summed E-state index contributed by atoms with van der Waals surface area (Å²) in [6.07, 6.45) is 6.47. The number of aromatic carboxylic acids is 1. The molecule has 0 saturated heterocycles. The molecular formula is C22H19F2N3O4. The first kappa shape index (κ1) is 20.5. The predicted molar refractivity (Wildman–Crippen MR) is 108 cm³/mol. The highest BCUT2D eigenvalue weighted by atomic mass is 19.3. The van der Waals surface area contributed by atoms with Gasteiger partial charge in [0.05, 0.1) is 18.2 Å². The van der Waals surface area contributed by atoms with Crippen molar-refractivity contribution in [1.82, 2.24) is 9.97 Å². The molecule has 0 bridgehead atoms. The fraction of sp³-hybridized carbons (Fsp3) is 0.227. The minimum atomic E-state index is -2.96. The van der Waals surface area contributed by atoms with E-state index >= 15 is 0 Å². The number of alkyl halides is 2. The average Bonchev–Trinajstić information content (AvgIpc) is 3.58. The normalized spacial score (nSPS) is 13.1. The van der Waals surface area contributed by atoms with Crippen molar-refractivity contribution < 1.29 is 28.2 Å². The summed E-state index contributed by atoms with van der Waals surface area (Å²) in [5, 5.41) is 9.17. The van der Waals surface area contributed by atoms with Gasteiger partial charge in [-0.3, -0.25) is 0 Å². The van der Waals surface area contributed by atoms with Gasteiger partial charge in [-0.25, -0.2) is 14.8 Å². The van der Waals surface area contributed by atoms with Crippen LogP contribution in [0.5, 0.6) is 11.5 Å². The number of rotatable bonds is 9.